The van der Waals surface area contributed by atoms with Crippen molar-refractivity contribution in [1.82, 2.24) is 25.0 Å². The van der Waals surface area contributed by atoms with Crippen LogP contribution in [-0.2, 0) is 6.42 Å². The molecule has 1 fully saturated rings. The molecule has 1 aliphatic rings. The molecule has 204 valence electrons. The predicted octanol–water partition coefficient (Wildman–Crippen LogP) is 3.96. The lowest BCUT2D eigenvalue weighted by molar-refractivity contribution is 0.188. The van der Waals surface area contributed by atoms with Crippen molar-refractivity contribution in [3.63, 3.8) is 0 Å². The summed E-state index contributed by atoms with van der Waals surface area (Å²) in [5, 5.41) is 22.5. The standard InChI is InChI=1S/C26H31N9O3S/c1-3-20-14-23(33-38-20)31-25(37)30-19-6-4-18(5-7-19)21-16-27-26(39-21)32-22-15-24(29-17(2)28-22)35-10-8-34(9-11-35)12-13-36/h4-7,14-16,36H,3,8-13H2,1-2H3,(H,27,28,29,32)(H2,30,31,33,37). The number of aliphatic hydroxyl groups excluding tert-OH is 1. The van der Waals surface area contributed by atoms with Gasteiger partial charge in [-0.3, -0.25) is 10.2 Å². The molecule has 2 amide bonds. The number of nitrogens with zero attached hydrogens (tertiary/aromatic N) is 6. The Bertz CT molecular complexity index is 1400. The van der Waals surface area contributed by atoms with Crippen LogP contribution in [0.5, 0.6) is 0 Å². The van der Waals surface area contributed by atoms with E-state index in [1.807, 2.05) is 50.4 Å². The van der Waals surface area contributed by atoms with Crippen molar-refractivity contribution in [3.05, 3.63) is 54.2 Å². The van der Waals surface area contributed by atoms with Crippen molar-refractivity contribution in [2.24, 2.45) is 0 Å². The summed E-state index contributed by atoms with van der Waals surface area (Å²) in [5.74, 6) is 3.34. The molecule has 1 aliphatic heterocycles. The van der Waals surface area contributed by atoms with Gasteiger partial charge in [-0.05, 0) is 24.6 Å². The zero-order chi connectivity index (χ0) is 27.2. The van der Waals surface area contributed by atoms with Gasteiger partial charge in [0.2, 0.25) is 0 Å². The molecule has 0 saturated carbocycles. The largest absolute Gasteiger partial charge is 0.395 e. The topological polar surface area (TPSA) is 145 Å². The third-order valence-electron chi connectivity index (χ3n) is 6.25. The maximum absolute atomic E-state index is 12.3. The lowest BCUT2D eigenvalue weighted by Crippen LogP contribution is -2.47. The molecule has 0 spiro atoms. The van der Waals surface area contributed by atoms with E-state index in [4.69, 9.17) is 4.52 Å². The van der Waals surface area contributed by atoms with E-state index in [0.29, 0.717) is 41.9 Å². The van der Waals surface area contributed by atoms with Gasteiger partial charge in [-0.2, -0.15) is 0 Å². The first-order chi connectivity index (χ1) is 19.0. The Kier molecular flexibility index (Phi) is 8.30. The summed E-state index contributed by atoms with van der Waals surface area (Å²) in [4.78, 5) is 31.4. The van der Waals surface area contributed by atoms with Crippen molar-refractivity contribution in [3.8, 4) is 10.4 Å². The van der Waals surface area contributed by atoms with Crippen molar-refractivity contribution in [1.29, 1.82) is 0 Å². The van der Waals surface area contributed by atoms with Crippen LogP contribution in [0.3, 0.4) is 0 Å². The zero-order valence-corrected chi connectivity index (χ0v) is 22.7. The number of piperazine rings is 1. The molecule has 0 bridgehead atoms. The Morgan fingerprint density at radius 3 is 2.59 bits per heavy atom. The summed E-state index contributed by atoms with van der Waals surface area (Å²) >= 11 is 1.51. The number of amides is 2. The number of hydrogen-bond acceptors (Lipinski definition) is 11. The molecule has 3 aromatic heterocycles. The maximum Gasteiger partial charge on any atom is 0.324 e. The van der Waals surface area contributed by atoms with Crippen molar-refractivity contribution in [2.75, 3.05) is 60.2 Å². The molecule has 4 heterocycles. The van der Waals surface area contributed by atoms with Crippen LogP contribution in [0.25, 0.3) is 10.4 Å². The smallest absolute Gasteiger partial charge is 0.324 e. The van der Waals surface area contributed by atoms with E-state index in [2.05, 4.69) is 45.9 Å². The highest BCUT2D eigenvalue weighted by Crippen LogP contribution is 2.31. The molecule has 4 N–H and O–H groups in total. The van der Waals surface area contributed by atoms with E-state index in [-0.39, 0.29) is 6.61 Å². The van der Waals surface area contributed by atoms with Gasteiger partial charge in [0.1, 0.15) is 23.2 Å². The molecule has 0 aliphatic carbocycles. The lowest BCUT2D eigenvalue weighted by atomic mass is 10.2. The average molecular weight is 550 g/mol. The molecular weight excluding hydrogens is 518 g/mol. The molecule has 39 heavy (non-hydrogen) atoms. The quantitative estimate of drug-likeness (QED) is 0.242. The number of rotatable bonds is 9. The van der Waals surface area contributed by atoms with Gasteiger partial charge in [0.15, 0.2) is 10.9 Å². The van der Waals surface area contributed by atoms with Crippen LogP contribution in [0.15, 0.2) is 47.1 Å². The van der Waals surface area contributed by atoms with Gasteiger partial charge >= 0.3 is 6.03 Å². The zero-order valence-electron chi connectivity index (χ0n) is 21.8. The molecule has 1 aromatic carbocycles. The van der Waals surface area contributed by atoms with E-state index >= 15 is 0 Å². The number of aromatic nitrogens is 4. The number of thiazole rings is 1. The summed E-state index contributed by atoms with van der Waals surface area (Å²) in [6.07, 6.45) is 2.52. The van der Waals surface area contributed by atoms with E-state index in [0.717, 1.165) is 47.6 Å². The number of hydrogen-bond donors (Lipinski definition) is 4. The Morgan fingerprint density at radius 2 is 1.87 bits per heavy atom. The normalized spacial score (nSPS) is 13.9. The number of aryl methyl sites for hydroxylation is 2. The molecular formula is C26H31N9O3S. The highest BCUT2D eigenvalue weighted by atomic mass is 32.1. The number of carbonyl (C=O) groups is 1. The summed E-state index contributed by atoms with van der Waals surface area (Å²) in [5.41, 5.74) is 1.63. The van der Waals surface area contributed by atoms with Gasteiger partial charge in [-0.15, -0.1) is 0 Å². The fraction of sp³-hybridized carbons (Fsp3) is 0.346. The number of β-amino-alcohol motifs (C(OH)–C–C–N with tert-alkyl or cyclic N) is 1. The van der Waals surface area contributed by atoms with Gasteiger partial charge in [0.05, 0.1) is 11.5 Å². The van der Waals surface area contributed by atoms with E-state index < -0.39 is 6.03 Å². The van der Waals surface area contributed by atoms with Gasteiger partial charge in [0.25, 0.3) is 0 Å². The SMILES string of the molecule is CCc1cc(NC(=O)Nc2ccc(-c3cnc(Nc4cc(N5CCN(CCO)CC5)nc(C)n4)s3)cc2)no1. The first-order valence-corrected chi connectivity index (χ1v) is 13.6. The van der Waals surface area contributed by atoms with Crippen LogP contribution in [0, 0.1) is 6.92 Å². The minimum atomic E-state index is -0.394. The van der Waals surface area contributed by atoms with Crippen LogP contribution in [0.4, 0.5) is 33.1 Å². The molecule has 1 saturated heterocycles. The summed E-state index contributed by atoms with van der Waals surface area (Å²) in [6.45, 7) is 8.20. The van der Waals surface area contributed by atoms with Crippen molar-refractivity contribution < 1.29 is 14.4 Å². The van der Waals surface area contributed by atoms with Crippen LogP contribution >= 0.6 is 11.3 Å². The van der Waals surface area contributed by atoms with E-state index in [1.54, 1.807) is 6.07 Å². The highest BCUT2D eigenvalue weighted by molar-refractivity contribution is 7.18. The first kappa shape index (κ1) is 26.5. The number of aliphatic hydroxyl groups is 1. The molecule has 0 unspecified atom stereocenters. The van der Waals surface area contributed by atoms with Crippen LogP contribution in [0.1, 0.15) is 18.5 Å². The van der Waals surface area contributed by atoms with Gasteiger partial charge in [0, 0.05) is 63.2 Å². The van der Waals surface area contributed by atoms with Crippen LogP contribution < -0.4 is 20.9 Å². The van der Waals surface area contributed by atoms with Crippen LogP contribution in [-0.4, -0.2) is 75.5 Å². The molecule has 4 aromatic rings. The Labute approximate surface area is 230 Å². The molecule has 12 nitrogen and oxygen atoms in total. The van der Waals surface area contributed by atoms with Crippen LogP contribution in [0.2, 0.25) is 0 Å². The molecule has 0 atom stereocenters. The average Bonchev–Trinajstić information content (AvgIpc) is 3.59. The number of anilines is 5. The Morgan fingerprint density at radius 1 is 1.08 bits per heavy atom. The highest BCUT2D eigenvalue weighted by Gasteiger charge is 2.19. The third kappa shape index (κ3) is 6.88. The minimum absolute atomic E-state index is 0.180. The number of nitrogens with one attached hydrogen (secondary N) is 3. The first-order valence-electron chi connectivity index (χ1n) is 12.8. The second-order valence-electron chi connectivity index (χ2n) is 9.05. The monoisotopic (exact) mass is 549 g/mol. The number of carbonyl (C=O) groups excluding carboxylic acids is 1. The fourth-order valence-corrected chi connectivity index (χ4v) is 5.06. The third-order valence-corrected chi connectivity index (χ3v) is 7.22. The molecule has 5 rings (SSSR count). The fourth-order valence-electron chi connectivity index (χ4n) is 4.23. The van der Waals surface area contributed by atoms with E-state index in [9.17, 15) is 9.90 Å². The minimum Gasteiger partial charge on any atom is -0.395 e. The second-order valence-corrected chi connectivity index (χ2v) is 10.1. The molecule has 0 radical (unpaired) electrons. The van der Waals surface area contributed by atoms with Gasteiger partial charge in [-0.1, -0.05) is 35.5 Å². The van der Waals surface area contributed by atoms with Gasteiger partial charge < -0.3 is 25.2 Å². The van der Waals surface area contributed by atoms with Crippen molar-refractivity contribution in [2.45, 2.75) is 20.3 Å². The van der Waals surface area contributed by atoms with E-state index in [1.165, 1.54) is 11.3 Å². The second kappa shape index (κ2) is 12.2. The van der Waals surface area contributed by atoms with Gasteiger partial charge in [-0.25, -0.2) is 19.7 Å². The molecule has 13 heteroatoms. The summed E-state index contributed by atoms with van der Waals surface area (Å²) in [7, 11) is 0. The Hall–Kier alpha value is -4.07. The predicted molar refractivity (Wildman–Crippen MR) is 152 cm³/mol. The van der Waals surface area contributed by atoms with Crippen molar-refractivity contribution >= 4 is 45.6 Å². The summed E-state index contributed by atoms with van der Waals surface area (Å²) in [6, 6.07) is 10.8. The maximum atomic E-state index is 12.3. The Balaban J connectivity index is 1.19. The number of urea groups is 1. The lowest BCUT2D eigenvalue weighted by Gasteiger charge is -2.35. The number of benzene rings is 1. The summed E-state index contributed by atoms with van der Waals surface area (Å²) < 4.78 is 5.10.